The maximum Gasteiger partial charge on any atom is 0.322 e. The first-order valence-corrected chi connectivity index (χ1v) is 6.56. The van der Waals surface area contributed by atoms with Crippen LogP contribution < -0.4 is 5.73 Å². The van der Waals surface area contributed by atoms with Gasteiger partial charge in [-0.2, -0.15) is 0 Å². The highest BCUT2D eigenvalue weighted by atomic mass is 19.1. The Bertz CT molecular complexity index is 525. The molecule has 0 saturated heterocycles. The molecule has 6 heteroatoms. The Kier molecular flexibility index (Phi) is 5.43. The highest BCUT2D eigenvalue weighted by molar-refractivity contribution is 5.95. The van der Waals surface area contributed by atoms with Crippen molar-refractivity contribution in [2.24, 2.45) is 11.7 Å². The number of carbonyl (C=O) groups is 2. The summed E-state index contributed by atoms with van der Waals surface area (Å²) in [6.45, 7) is 4.92. The molecule has 1 aromatic carbocycles. The molecular formula is C15H20FNO4. The van der Waals surface area contributed by atoms with E-state index in [9.17, 15) is 19.1 Å². The summed E-state index contributed by atoms with van der Waals surface area (Å²) in [6.07, 6.45) is 0.0635. The van der Waals surface area contributed by atoms with Gasteiger partial charge in [0.15, 0.2) is 5.92 Å². The lowest BCUT2D eigenvalue weighted by atomic mass is 9.94. The number of carboxylic acids is 1. The summed E-state index contributed by atoms with van der Waals surface area (Å²) in [6, 6.07) is 4.65. The first kappa shape index (κ1) is 17.1. The van der Waals surface area contributed by atoms with Gasteiger partial charge in [0.2, 0.25) is 0 Å². The van der Waals surface area contributed by atoms with Gasteiger partial charge in [-0.15, -0.1) is 0 Å². The van der Waals surface area contributed by atoms with Crippen LogP contribution in [-0.2, 0) is 20.7 Å². The summed E-state index contributed by atoms with van der Waals surface area (Å²) in [5, 5.41) is 9.19. The first-order valence-electron chi connectivity index (χ1n) is 6.56. The summed E-state index contributed by atoms with van der Waals surface area (Å²) >= 11 is 0. The van der Waals surface area contributed by atoms with Crippen LogP contribution in [0.2, 0.25) is 0 Å². The fourth-order valence-corrected chi connectivity index (χ4v) is 1.88. The number of rotatable bonds is 5. The van der Waals surface area contributed by atoms with Crippen molar-refractivity contribution in [3.8, 4) is 0 Å². The van der Waals surface area contributed by atoms with E-state index in [0.29, 0.717) is 5.56 Å². The molecule has 0 amide bonds. The number of carbonyl (C=O) groups excluding carboxylic acids is 1. The molecule has 3 N–H and O–H groups in total. The second-order valence-corrected chi connectivity index (χ2v) is 5.85. The van der Waals surface area contributed by atoms with Crippen LogP contribution in [0.3, 0.4) is 0 Å². The highest BCUT2D eigenvalue weighted by Crippen LogP contribution is 2.16. The molecule has 1 unspecified atom stereocenters. The zero-order chi connectivity index (χ0) is 16.2. The number of aliphatic carboxylic acids is 1. The Morgan fingerprint density at radius 3 is 2.48 bits per heavy atom. The van der Waals surface area contributed by atoms with Crippen LogP contribution in [0.25, 0.3) is 0 Å². The van der Waals surface area contributed by atoms with Crippen LogP contribution in [0.1, 0.15) is 26.3 Å². The zero-order valence-corrected chi connectivity index (χ0v) is 12.3. The quantitative estimate of drug-likeness (QED) is 0.638. The molecule has 0 heterocycles. The molecular weight excluding hydrogens is 277 g/mol. The summed E-state index contributed by atoms with van der Waals surface area (Å²) < 4.78 is 18.2. The predicted molar refractivity (Wildman–Crippen MR) is 75.1 cm³/mol. The number of benzene rings is 1. The van der Waals surface area contributed by atoms with Crippen molar-refractivity contribution >= 4 is 11.9 Å². The Hall–Kier alpha value is -1.95. The molecule has 116 valence electrons. The molecule has 5 nitrogen and oxygen atoms in total. The molecule has 0 radical (unpaired) electrons. The summed E-state index contributed by atoms with van der Waals surface area (Å²) in [5.74, 6) is -4.18. The lowest BCUT2D eigenvalue weighted by molar-refractivity contribution is -0.167. The number of esters is 1. The second-order valence-electron chi connectivity index (χ2n) is 5.85. The maximum absolute atomic E-state index is 13.1. The topological polar surface area (TPSA) is 89.6 Å². The number of nitrogens with two attached hydrogens (primary N) is 1. The predicted octanol–water partition coefficient (Wildman–Crippen LogP) is 1.74. The van der Waals surface area contributed by atoms with E-state index >= 15 is 0 Å². The molecule has 0 aromatic heterocycles. The number of hydrogen-bond donors (Lipinski definition) is 2. The van der Waals surface area contributed by atoms with E-state index in [1.807, 2.05) is 0 Å². The van der Waals surface area contributed by atoms with E-state index in [2.05, 4.69) is 0 Å². The highest BCUT2D eigenvalue weighted by Gasteiger charge is 2.36. The molecule has 1 aromatic rings. The third kappa shape index (κ3) is 5.51. The molecule has 21 heavy (non-hydrogen) atoms. The first-order chi connectivity index (χ1) is 9.60. The molecule has 0 aliphatic heterocycles. The Labute approximate surface area is 122 Å². The SMILES string of the molecule is CC(C)(C)OC(=O)[C@H](C(=O)O)C(N)Cc1cccc(F)c1. The van der Waals surface area contributed by atoms with Gasteiger partial charge in [0.1, 0.15) is 11.4 Å². The second kappa shape index (κ2) is 6.67. The van der Waals surface area contributed by atoms with Crippen molar-refractivity contribution < 1.29 is 23.8 Å². The summed E-state index contributed by atoms with van der Waals surface area (Å²) in [5.41, 5.74) is 5.54. The van der Waals surface area contributed by atoms with E-state index < -0.39 is 35.3 Å². The molecule has 0 saturated carbocycles. The van der Waals surface area contributed by atoms with Crippen LogP contribution >= 0.6 is 0 Å². The lowest BCUT2D eigenvalue weighted by Gasteiger charge is -2.25. The van der Waals surface area contributed by atoms with Gasteiger partial charge in [-0.05, 0) is 44.9 Å². The van der Waals surface area contributed by atoms with Crippen molar-refractivity contribution in [2.45, 2.75) is 38.8 Å². The van der Waals surface area contributed by atoms with Gasteiger partial charge in [0.05, 0.1) is 0 Å². The van der Waals surface area contributed by atoms with Crippen LogP contribution in [0.15, 0.2) is 24.3 Å². The minimum absolute atomic E-state index is 0.0635. The smallest absolute Gasteiger partial charge is 0.322 e. The van der Waals surface area contributed by atoms with Crippen molar-refractivity contribution in [3.63, 3.8) is 0 Å². The van der Waals surface area contributed by atoms with Gasteiger partial charge in [-0.1, -0.05) is 12.1 Å². The summed E-state index contributed by atoms with van der Waals surface area (Å²) in [4.78, 5) is 23.2. The zero-order valence-electron chi connectivity index (χ0n) is 12.3. The van der Waals surface area contributed by atoms with Gasteiger partial charge in [0, 0.05) is 6.04 Å². The van der Waals surface area contributed by atoms with Gasteiger partial charge in [-0.3, -0.25) is 9.59 Å². The fraction of sp³-hybridized carbons (Fsp3) is 0.467. The molecule has 2 atom stereocenters. The van der Waals surface area contributed by atoms with Crippen molar-refractivity contribution in [2.75, 3.05) is 0 Å². The number of halogens is 1. The van der Waals surface area contributed by atoms with Gasteiger partial charge in [0.25, 0.3) is 0 Å². The number of hydrogen-bond acceptors (Lipinski definition) is 4. The monoisotopic (exact) mass is 297 g/mol. The van der Waals surface area contributed by atoms with Crippen LogP contribution in [-0.4, -0.2) is 28.7 Å². The van der Waals surface area contributed by atoms with Crippen molar-refractivity contribution in [1.82, 2.24) is 0 Å². The molecule has 0 spiro atoms. The molecule has 1 rings (SSSR count). The maximum atomic E-state index is 13.1. The average molecular weight is 297 g/mol. The third-order valence-electron chi connectivity index (χ3n) is 2.72. The van der Waals surface area contributed by atoms with Crippen LogP contribution in [0.5, 0.6) is 0 Å². The molecule has 0 aliphatic carbocycles. The van der Waals surface area contributed by atoms with Gasteiger partial charge < -0.3 is 15.6 Å². The third-order valence-corrected chi connectivity index (χ3v) is 2.72. The van der Waals surface area contributed by atoms with Crippen molar-refractivity contribution in [3.05, 3.63) is 35.6 Å². The minimum Gasteiger partial charge on any atom is -0.481 e. The molecule has 0 aliphatic rings. The van der Waals surface area contributed by atoms with E-state index in [1.54, 1.807) is 26.8 Å². The number of carboxylic acid groups (broad SMARTS) is 1. The van der Waals surface area contributed by atoms with Crippen molar-refractivity contribution in [1.29, 1.82) is 0 Å². The Morgan fingerprint density at radius 1 is 1.38 bits per heavy atom. The van der Waals surface area contributed by atoms with Crippen LogP contribution in [0.4, 0.5) is 4.39 Å². The molecule has 0 bridgehead atoms. The van der Waals surface area contributed by atoms with Gasteiger partial charge in [-0.25, -0.2) is 4.39 Å². The van der Waals surface area contributed by atoms with E-state index in [-0.39, 0.29) is 6.42 Å². The van der Waals surface area contributed by atoms with E-state index in [4.69, 9.17) is 10.5 Å². The largest absolute Gasteiger partial charge is 0.481 e. The molecule has 0 fully saturated rings. The van der Waals surface area contributed by atoms with Gasteiger partial charge >= 0.3 is 11.9 Å². The normalized spacial score (nSPS) is 14.3. The Morgan fingerprint density at radius 2 is 2.00 bits per heavy atom. The van der Waals surface area contributed by atoms with Crippen LogP contribution in [0, 0.1) is 11.7 Å². The minimum atomic E-state index is -1.49. The average Bonchev–Trinajstić information content (AvgIpc) is 2.25. The van der Waals surface area contributed by atoms with E-state index in [0.717, 1.165) is 0 Å². The number of ether oxygens (including phenoxy) is 1. The standard InChI is InChI=1S/C15H20FNO4/c1-15(2,3)21-14(20)12(13(18)19)11(17)8-9-5-4-6-10(16)7-9/h4-7,11-12H,8,17H2,1-3H3,(H,18,19)/t11?,12-/m0/s1. The lowest BCUT2D eigenvalue weighted by Crippen LogP contribution is -2.45. The fourth-order valence-electron chi connectivity index (χ4n) is 1.88. The Balaban J connectivity index is 2.85. The van der Waals surface area contributed by atoms with E-state index in [1.165, 1.54) is 18.2 Å². The summed E-state index contributed by atoms with van der Waals surface area (Å²) in [7, 11) is 0.